The summed E-state index contributed by atoms with van der Waals surface area (Å²) in [7, 11) is 0. The molecule has 2 N–H and O–H groups in total. The van der Waals surface area contributed by atoms with Crippen LogP contribution in [0.2, 0.25) is 0 Å². The lowest BCUT2D eigenvalue weighted by atomic mass is 9.85. The van der Waals surface area contributed by atoms with Crippen LogP contribution in [-0.2, 0) is 4.79 Å². The molecule has 1 amide bonds. The number of hydrogen-bond acceptors (Lipinski definition) is 4. The average Bonchev–Trinajstić information content (AvgIpc) is 2.56. The number of aryl methyl sites for hydroxylation is 2. The van der Waals surface area contributed by atoms with Crippen molar-refractivity contribution in [3.63, 3.8) is 0 Å². The highest BCUT2D eigenvalue weighted by Gasteiger charge is 2.34. The molecule has 1 aromatic rings. The third kappa shape index (κ3) is 3.33. The summed E-state index contributed by atoms with van der Waals surface area (Å²) in [5.41, 5.74) is 0.0488. The van der Waals surface area contributed by atoms with Crippen LogP contribution in [0, 0.1) is 19.8 Å². The molecule has 19 heavy (non-hydrogen) atoms. The molecule has 106 valence electrons. The minimum atomic E-state index is -0.949. The van der Waals surface area contributed by atoms with E-state index in [1.54, 1.807) is 20.8 Å². The fraction of sp³-hybridized carbons (Fsp3) is 0.615. The van der Waals surface area contributed by atoms with Crippen molar-refractivity contribution in [3.05, 3.63) is 17.0 Å². The fourth-order valence-corrected chi connectivity index (χ4v) is 1.84. The van der Waals surface area contributed by atoms with Crippen molar-refractivity contribution in [3.8, 4) is 0 Å². The summed E-state index contributed by atoms with van der Waals surface area (Å²) in [6, 6.07) is 0. The number of carboxylic acid groups (broad SMARTS) is 1. The lowest BCUT2D eigenvalue weighted by Gasteiger charge is -2.33. The molecule has 1 atom stereocenters. The second-order valence-corrected chi connectivity index (χ2v) is 5.30. The highest BCUT2D eigenvalue weighted by Crippen LogP contribution is 2.22. The lowest BCUT2D eigenvalue weighted by molar-refractivity contribution is -0.138. The monoisotopic (exact) mass is 268 g/mol. The predicted molar refractivity (Wildman–Crippen MR) is 68.9 cm³/mol. The molecule has 0 spiro atoms. The Balaban J connectivity index is 2.98. The van der Waals surface area contributed by atoms with E-state index in [0.717, 1.165) is 0 Å². The average molecular weight is 268 g/mol. The second-order valence-electron chi connectivity index (χ2n) is 5.30. The zero-order chi connectivity index (χ0) is 14.8. The number of hydrogen-bond donors (Lipinski definition) is 2. The van der Waals surface area contributed by atoms with Gasteiger partial charge in [-0.05, 0) is 26.7 Å². The second kappa shape index (κ2) is 5.42. The number of nitrogens with one attached hydrogen (secondary N) is 1. The molecule has 0 aliphatic heterocycles. The van der Waals surface area contributed by atoms with E-state index in [1.165, 1.54) is 0 Å². The van der Waals surface area contributed by atoms with Crippen LogP contribution in [0.1, 0.15) is 49.0 Å². The van der Waals surface area contributed by atoms with Crippen LogP contribution in [0.15, 0.2) is 4.52 Å². The van der Waals surface area contributed by atoms with Gasteiger partial charge in [-0.25, -0.2) is 0 Å². The summed E-state index contributed by atoms with van der Waals surface area (Å²) in [6.07, 6.45) is -0.139. The maximum atomic E-state index is 12.2. The van der Waals surface area contributed by atoms with E-state index in [9.17, 15) is 9.59 Å². The number of carbonyl (C=O) groups is 2. The van der Waals surface area contributed by atoms with Gasteiger partial charge in [0.25, 0.3) is 5.91 Å². The molecule has 1 heterocycles. The van der Waals surface area contributed by atoms with Gasteiger partial charge in [-0.15, -0.1) is 0 Å². The Morgan fingerprint density at radius 2 is 2.00 bits per heavy atom. The number of rotatable bonds is 5. The molecule has 1 aromatic heterocycles. The van der Waals surface area contributed by atoms with Gasteiger partial charge in [0.05, 0.1) is 17.7 Å². The first-order valence-electron chi connectivity index (χ1n) is 6.14. The molecular formula is C13H20N2O4. The Kier molecular flexibility index (Phi) is 4.34. The highest BCUT2D eigenvalue weighted by molar-refractivity contribution is 5.96. The van der Waals surface area contributed by atoms with Crippen molar-refractivity contribution < 1.29 is 19.2 Å². The largest absolute Gasteiger partial charge is 0.481 e. The molecule has 6 heteroatoms. The third-order valence-corrected chi connectivity index (χ3v) is 3.45. The maximum Gasteiger partial charge on any atom is 0.305 e. The molecule has 0 fully saturated rings. The minimum absolute atomic E-state index is 0.0203. The molecule has 0 aliphatic carbocycles. The minimum Gasteiger partial charge on any atom is -0.481 e. The zero-order valence-corrected chi connectivity index (χ0v) is 11.9. The topological polar surface area (TPSA) is 92.4 Å². The van der Waals surface area contributed by atoms with Crippen LogP contribution >= 0.6 is 0 Å². The van der Waals surface area contributed by atoms with Crippen LogP contribution in [0.4, 0.5) is 0 Å². The number of carboxylic acids is 1. The van der Waals surface area contributed by atoms with Crippen LogP contribution in [-0.4, -0.2) is 27.7 Å². The molecule has 1 unspecified atom stereocenters. The van der Waals surface area contributed by atoms with Gasteiger partial charge in [-0.2, -0.15) is 0 Å². The summed E-state index contributed by atoms with van der Waals surface area (Å²) in [5.74, 6) is -0.895. The molecule has 1 rings (SSSR count). The van der Waals surface area contributed by atoms with Crippen molar-refractivity contribution in [1.29, 1.82) is 0 Å². The first-order chi connectivity index (χ1) is 8.67. The molecule has 0 radical (unpaired) electrons. The molecule has 0 saturated carbocycles. The van der Waals surface area contributed by atoms with Crippen LogP contribution in [0.25, 0.3) is 0 Å². The van der Waals surface area contributed by atoms with E-state index in [2.05, 4.69) is 10.5 Å². The Morgan fingerprint density at radius 1 is 1.42 bits per heavy atom. The molecule has 6 nitrogen and oxygen atoms in total. The molecule has 0 aliphatic rings. The van der Waals surface area contributed by atoms with E-state index in [4.69, 9.17) is 9.63 Å². The van der Waals surface area contributed by atoms with Gasteiger partial charge < -0.3 is 14.9 Å². The van der Waals surface area contributed by atoms with E-state index in [0.29, 0.717) is 17.0 Å². The number of nitrogens with zero attached hydrogens (tertiary/aromatic N) is 1. The summed E-state index contributed by atoms with van der Waals surface area (Å²) in [6.45, 7) is 8.79. The smallest absolute Gasteiger partial charge is 0.305 e. The Hall–Kier alpha value is -1.85. The molecular weight excluding hydrogens is 248 g/mol. The summed E-state index contributed by atoms with van der Waals surface area (Å²) < 4.78 is 4.95. The Labute approximate surface area is 112 Å². The van der Waals surface area contributed by atoms with Crippen LogP contribution in [0.5, 0.6) is 0 Å². The van der Waals surface area contributed by atoms with Gasteiger partial charge in [0, 0.05) is 0 Å². The van der Waals surface area contributed by atoms with E-state index in [-0.39, 0.29) is 18.2 Å². The normalized spacial score (nSPS) is 14.2. The Morgan fingerprint density at radius 3 is 2.37 bits per heavy atom. The van der Waals surface area contributed by atoms with Gasteiger partial charge in [-0.3, -0.25) is 9.59 Å². The van der Waals surface area contributed by atoms with E-state index in [1.807, 2.05) is 13.8 Å². The molecule has 0 aromatic carbocycles. The molecule has 0 saturated heterocycles. The van der Waals surface area contributed by atoms with Gasteiger partial charge >= 0.3 is 5.97 Å². The predicted octanol–water partition coefficient (Wildman–Crippen LogP) is 1.91. The van der Waals surface area contributed by atoms with Gasteiger partial charge in [0.2, 0.25) is 0 Å². The summed E-state index contributed by atoms with van der Waals surface area (Å²) >= 11 is 0. The van der Waals surface area contributed by atoms with E-state index < -0.39 is 11.5 Å². The maximum absolute atomic E-state index is 12.2. The number of aromatic nitrogens is 1. The zero-order valence-electron chi connectivity index (χ0n) is 11.9. The number of carbonyl (C=O) groups excluding carboxylic acids is 1. The first-order valence-corrected chi connectivity index (χ1v) is 6.14. The summed E-state index contributed by atoms with van der Waals surface area (Å²) in [5, 5.41) is 15.5. The Bertz CT molecular complexity index is 473. The van der Waals surface area contributed by atoms with Crippen LogP contribution < -0.4 is 5.32 Å². The van der Waals surface area contributed by atoms with Crippen molar-refractivity contribution in [1.82, 2.24) is 10.5 Å². The van der Waals surface area contributed by atoms with Crippen LogP contribution in [0.3, 0.4) is 0 Å². The lowest BCUT2D eigenvalue weighted by Crippen LogP contribution is -2.51. The number of aliphatic carboxylic acids is 1. The number of amides is 1. The quantitative estimate of drug-likeness (QED) is 0.851. The third-order valence-electron chi connectivity index (χ3n) is 3.45. The SMILES string of the molecule is Cc1noc(C)c1C(=O)NC(C)(CC(=O)O)C(C)C. The van der Waals surface area contributed by atoms with Crippen molar-refractivity contribution in [2.45, 2.75) is 46.6 Å². The standard InChI is InChI=1S/C13H20N2O4/c1-7(2)13(5,6-10(16)17)14-12(18)11-8(3)15-19-9(11)4/h7H,6H2,1-5H3,(H,14,18)(H,16,17). The van der Waals surface area contributed by atoms with Gasteiger partial charge in [0.15, 0.2) is 0 Å². The molecule has 0 bridgehead atoms. The fourth-order valence-electron chi connectivity index (χ4n) is 1.84. The van der Waals surface area contributed by atoms with Crippen molar-refractivity contribution >= 4 is 11.9 Å². The first kappa shape index (κ1) is 15.2. The summed E-state index contributed by atoms with van der Waals surface area (Å²) in [4.78, 5) is 23.2. The van der Waals surface area contributed by atoms with E-state index >= 15 is 0 Å². The van der Waals surface area contributed by atoms with Crippen molar-refractivity contribution in [2.75, 3.05) is 0 Å². The highest BCUT2D eigenvalue weighted by atomic mass is 16.5. The van der Waals surface area contributed by atoms with Crippen molar-refractivity contribution in [2.24, 2.45) is 5.92 Å². The van der Waals surface area contributed by atoms with Gasteiger partial charge in [0.1, 0.15) is 11.3 Å². The van der Waals surface area contributed by atoms with Gasteiger partial charge in [-0.1, -0.05) is 19.0 Å².